The number of benzene rings is 2. The number of sulfonamides is 1. The normalized spacial score (nSPS) is 14.5. The van der Waals surface area contributed by atoms with Crippen molar-refractivity contribution in [1.82, 2.24) is 0 Å². The van der Waals surface area contributed by atoms with Crippen LogP contribution in [0, 0.1) is 10.5 Å². The number of hydrogen-bond donors (Lipinski definition) is 0. The molecule has 0 saturated heterocycles. The smallest absolute Gasteiger partial charge is 0.264 e. The summed E-state index contributed by atoms with van der Waals surface area (Å²) in [5.74, 6) is 0.0232. The molecule has 4 nitrogen and oxygen atoms in total. The first kappa shape index (κ1) is 18.1. The Labute approximate surface area is 161 Å². The van der Waals surface area contributed by atoms with Crippen molar-refractivity contribution in [2.24, 2.45) is 0 Å². The number of Topliss-reactive ketones (excluding diaryl/α,β-unsaturated/α-hetero) is 1. The van der Waals surface area contributed by atoms with Gasteiger partial charge in [-0.1, -0.05) is 35.9 Å². The van der Waals surface area contributed by atoms with Crippen LogP contribution in [0.25, 0.3) is 0 Å². The van der Waals surface area contributed by atoms with Gasteiger partial charge in [-0.15, -0.1) is 0 Å². The van der Waals surface area contributed by atoms with Gasteiger partial charge in [0.1, 0.15) is 0 Å². The highest BCUT2D eigenvalue weighted by Gasteiger charge is 2.29. The molecule has 0 aliphatic heterocycles. The number of allylic oxidation sites excluding steroid dienone is 1. The summed E-state index contributed by atoms with van der Waals surface area (Å²) in [6.07, 6.45) is 2.98. The monoisotopic (exact) mass is 467 g/mol. The Morgan fingerprint density at radius 1 is 1.08 bits per heavy atom. The van der Waals surface area contributed by atoms with E-state index in [0.717, 1.165) is 9.13 Å². The lowest BCUT2D eigenvalue weighted by Crippen LogP contribution is -2.34. The Balaban J connectivity index is 2.08. The van der Waals surface area contributed by atoms with E-state index in [0.29, 0.717) is 24.1 Å². The van der Waals surface area contributed by atoms with Crippen molar-refractivity contribution in [3.05, 3.63) is 69.3 Å². The summed E-state index contributed by atoms with van der Waals surface area (Å²) < 4.78 is 28.7. The molecule has 0 bridgehead atoms. The van der Waals surface area contributed by atoms with E-state index in [4.69, 9.17) is 0 Å². The highest BCUT2D eigenvalue weighted by molar-refractivity contribution is 14.1. The first-order chi connectivity index (χ1) is 11.9. The molecule has 0 N–H and O–H groups in total. The van der Waals surface area contributed by atoms with Gasteiger partial charge in [0.25, 0.3) is 10.0 Å². The molecule has 0 spiro atoms. The second-order valence-electron chi connectivity index (χ2n) is 5.97. The van der Waals surface area contributed by atoms with Crippen LogP contribution >= 0.6 is 22.6 Å². The van der Waals surface area contributed by atoms with Gasteiger partial charge >= 0.3 is 0 Å². The van der Waals surface area contributed by atoms with Crippen molar-refractivity contribution in [2.75, 3.05) is 10.8 Å². The molecule has 0 unspecified atom stereocenters. The summed E-state index contributed by atoms with van der Waals surface area (Å²) >= 11 is 2.12. The number of carbonyl (C=O) groups is 1. The maximum absolute atomic E-state index is 13.3. The van der Waals surface area contributed by atoms with Crippen molar-refractivity contribution < 1.29 is 13.2 Å². The van der Waals surface area contributed by atoms with E-state index in [2.05, 4.69) is 22.6 Å². The number of aryl methyl sites for hydroxylation is 1. The zero-order valence-electron chi connectivity index (χ0n) is 13.8. The minimum Gasteiger partial charge on any atom is -0.294 e. The molecule has 2 aromatic carbocycles. The number of rotatable bonds is 5. The van der Waals surface area contributed by atoms with Crippen LogP contribution in [0.3, 0.4) is 0 Å². The second kappa shape index (κ2) is 7.29. The van der Waals surface area contributed by atoms with Crippen LogP contribution in [0.1, 0.15) is 18.4 Å². The van der Waals surface area contributed by atoms with Crippen LogP contribution < -0.4 is 4.31 Å². The first-order valence-corrected chi connectivity index (χ1v) is 10.5. The zero-order valence-corrected chi connectivity index (χ0v) is 16.7. The Morgan fingerprint density at radius 3 is 2.36 bits per heavy atom. The van der Waals surface area contributed by atoms with Crippen LogP contribution in [-0.4, -0.2) is 20.7 Å². The molecule has 3 rings (SSSR count). The molecule has 6 heteroatoms. The summed E-state index contributed by atoms with van der Waals surface area (Å²) in [7, 11) is -3.77. The fraction of sp³-hybridized carbons (Fsp3) is 0.211. The number of para-hydroxylation sites is 1. The Kier molecular flexibility index (Phi) is 5.29. The molecule has 0 saturated carbocycles. The Hall–Kier alpha value is -1.67. The van der Waals surface area contributed by atoms with Gasteiger partial charge in [0.15, 0.2) is 5.78 Å². The molecular weight excluding hydrogens is 449 g/mol. The third-order valence-electron chi connectivity index (χ3n) is 4.16. The molecule has 0 aromatic heterocycles. The zero-order chi connectivity index (χ0) is 18.0. The summed E-state index contributed by atoms with van der Waals surface area (Å²) in [6.45, 7) is 1.98. The molecule has 0 heterocycles. The Bertz CT molecular complexity index is 933. The number of ketones is 1. The van der Waals surface area contributed by atoms with E-state index in [9.17, 15) is 13.2 Å². The minimum absolute atomic E-state index is 0.0232. The molecule has 25 heavy (non-hydrogen) atoms. The Morgan fingerprint density at radius 2 is 1.76 bits per heavy atom. The van der Waals surface area contributed by atoms with Crippen molar-refractivity contribution in [3.63, 3.8) is 0 Å². The van der Waals surface area contributed by atoms with Crippen LogP contribution in [0.4, 0.5) is 5.69 Å². The topological polar surface area (TPSA) is 54.5 Å². The molecule has 0 radical (unpaired) electrons. The highest BCUT2D eigenvalue weighted by Crippen LogP contribution is 2.30. The van der Waals surface area contributed by atoms with Crippen molar-refractivity contribution in [1.29, 1.82) is 0 Å². The quantitative estimate of drug-likeness (QED) is 0.623. The number of hydrogen-bond acceptors (Lipinski definition) is 3. The minimum atomic E-state index is -3.77. The first-order valence-electron chi connectivity index (χ1n) is 7.96. The lowest BCUT2D eigenvalue weighted by molar-refractivity contribution is -0.114. The van der Waals surface area contributed by atoms with E-state index in [-0.39, 0.29) is 17.2 Å². The molecule has 0 amide bonds. The van der Waals surface area contributed by atoms with Crippen molar-refractivity contribution in [2.45, 2.75) is 24.7 Å². The fourth-order valence-corrected chi connectivity index (χ4v) is 5.05. The summed E-state index contributed by atoms with van der Waals surface area (Å²) in [5.41, 5.74) is 2.15. The predicted octanol–water partition coefficient (Wildman–Crippen LogP) is 4.08. The molecule has 130 valence electrons. The van der Waals surface area contributed by atoms with Crippen molar-refractivity contribution >= 4 is 44.1 Å². The molecule has 0 fully saturated rings. The number of anilines is 1. The van der Waals surface area contributed by atoms with Gasteiger partial charge in [-0.2, -0.15) is 0 Å². The van der Waals surface area contributed by atoms with Crippen LogP contribution in [0.15, 0.2) is 65.1 Å². The molecule has 1 aliphatic carbocycles. The highest BCUT2D eigenvalue weighted by atomic mass is 127. The standard InChI is InChI=1S/C19H18INO3S/c1-14-9-11-16(12-10-14)25(23,24)21(13-15-5-4-8-19(15)22)18-7-3-2-6-17(18)20/h2-3,5-7,9-12H,4,8,13H2,1H3. The lowest BCUT2D eigenvalue weighted by atomic mass is 10.2. The molecule has 2 aromatic rings. The van der Waals surface area contributed by atoms with Gasteiger partial charge in [0.05, 0.1) is 17.1 Å². The van der Waals surface area contributed by atoms with Crippen LogP contribution in [-0.2, 0) is 14.8 Å². The van der Waals surface area contributed by atoms with E-state index in [1.807, 2.05) is 25.1 Å². The molecular formula is C19H18INO3S. The van der Waals surface area contributed by atoms with E-state index < -0.39 is 10.0 Å². The van der Waals surface area contributed by atoms with E-state index >= 15 is 0 Å². The third kappa shape index (κ3) is 3.79. The largest absolute Gasteiger partial charge is 0.294 e. The average Bonchev–Trinajstić information content (AvgIpc) is 2.99. The average molecular weight is 467 g/mol. The summed E-state index contributed by atoms with van der Waals surface area (Å²) in [6, 6.07) is 14.1. The maximum atomic E-state index is 13.3. The van der Waals surface area contributed by atoms with Gasteiger partial charge < -0.3 is 0 Å². The van der Waals surface area contributed by atoms with E-state index in [1.54, 1.807) is 36.4 Å². The van der Waals surface area contributed by atoms with Crippen molar-refractivity contribution in [3.8, 4) is 0 Å². The summed E-state index contributed by atoms with van der Waals surface area (Å²) in [5, 5.41) is 0. The number of carbonyl (C=O) groups excluding carboxylic acids is 1. The number of halogens is 1. The van der Waals surface area contributed by atoms with Crippen LogP contribution in [0.5, 0.6) is 0 Å². The third-order valence-corrected chi connectivity index (χ3v) is 6.85. The van der Waals surface area contributed by atoms with Gasteiger partial charge in [-0.3, -0.25) is 9.10 Å². The summed E-state index contributed by atoms with van der Waals surface area (Å²) in [4.78, 5) is 12.3. The molecule has 1 aliphatic rings. The van der Waals surface area contributed by atoms with Gasteiger partial charge in [-0.05, 0) is 60.2 Å². The molecule has 0 atom stereocenters. The number of nitrogens with zero attached hydrogens (tertiary/aromatic N) is 1. The predicted molar refractivity (Wildman–Crippen MR) is 107 cm³/mol. The fourth-order valence-electron chi connectivity index (χ4n) is 2.75. The van der Waals surface area contributed by atoms with Crippen LogP contribution in [0.2, 0.25) is 0 Å². The SMILES string of the molecule is Cc1ccc(S(=O)(=O)N(CC2=CCCC2=O)c2ccccc2I)cc1. The van der Waals surface area contributed by atoms with Gasteiger partial charge in [0, 0.05) is 15.6 Å². The maximum Gasteiger partial charge on any atom is 0.264 e. The van der Waals surface area contributed by atoms with E-state index in [1.165, 1.54) is 4.31 Å². The van der Waals surface area contributed by atoms with Gasteiger partial charge in [-0.25, -0.2) is 8.42 Å². The lowest BCUT2D eigenvalue weighted by Gasteiger charge is -2.26. The second-order valence-corrected chi connectivity index (χ2v) is 8.99. The van der Waals surface area contributed by atoms with Gasteiger partial charge in [0.2, 0.25) is 0 Å².